The molecule has 1 aliphatic rings. The first-order chi connectivity index (χ1) is 8.86. The Morgan fingerprint density at radius 2 is 2.06 bits per heavy atom. The van der Waals surface area contributed by atoms with Crippen molar-refractivity contribution in [3.05, 3.63) is 24.3 Å². The third kappa shape index (κ3) is 2.36. The van der Waals surface area contributed by atoms with Crippen LogP contribution in [0.3, 0.4) is 0 Å². The normalized spacial score (nSPS) is 14.7. The summed E-state index contributed by atoms with van der Waals surface area (Å²) in [5, 5.41) is 16.3. The van der Waals surface area contributed by atoms with E-state index in [4.69, 9.17) is 5.11 Å². The van der Waals surface area contributed by atoms with Crippen molar-refractivity contribution in [1.82, 2.24) is 9.97 Å². The van der Waals surface area contributed by atoms with E-state index in [1.807, 2.05) is 24.3 Å². The minimum absolute atomic E-state index is 0.0870. The zero-order valence-corrected chi connectivity index (χ0v) is 10.1. The van der Waals surface area contributed by atoms with Gasteiger partial charge in [0.05, 0.1) is 12.1 Å². The van der Waals surface area contributed by atoms with Gasteiger partial charge in [-0.2, -0.15) is 4.98 Å². The van der Waals surface area contributed by atoms with E-state index >= 15 is 0 Å². The van der Waals surface area contributed by atoms with Crippen molar-refractivity contribution >= 4 is 22.7 Å². The topological polar surface area (TPSA) is 70.1 Å². The molecule has 0 radical (unpaired) electrons. The molecule has 0 saturated heterocycles. The van der Waals surface area contributed by atoms with Crippen molar-refractivity contribution in [2.24, 2.45) is 0 Å². The molecule has 0 atom stereocenters. The number of para-hydroxylation sites is 1. The predicted octanol–water partition coefficient (Wildman–Crippen LogP) is 1.61. The summed E-state index contributed by atoms with van der Waals surface area (Å²) >= 11 is 0. The standard InChI is InChI=1S/C13H16N4O/c18-8-7-14-12-10-3-1-2-4-11(10)16-13(17-12)15-9-5-6-9/h1-4,9,18H,5-8H2,(H2,14,15,16,17). The number of anilines is 2. The van der Waals surface area contributed by atoms with E-state index in [-0.39, 0.29) is 6.61 Å². The fraction of sp³-hybridized carbons (Fsp3) is 0.385. The number of fused-ring (bicyclic) bond motifs is 1. The zero-order chi connectivity index (χ0) is 12.4. The van der Waals surface area contributed by atoms with Crippen molar-refractivity contribution < 1.29 is 5.11 Å². The lowest BCUT2D eigenvalue weighted by molar-refractivity contribution is 0.311. The van der Waals surface area contributed by atoms with Gasteiger partial charge < -0.3 is 15.7 Å². The Labute approximate surface area is 105 Å². The Morgan fingerprint density at radius 1 is 1.22 bits per heavy atom. The summed E-state index contributed by atoms with van der Waals surface area (Å²) in [5.41, 5.74) is 0.913. The Bertz CT molecular complexity index is 554. The van der Waals surface area contributed by atoms with E-state index in [9.17, 15) is 0 Å². The second kappa shape index (κ2) is 4.78. The third-order valence-electron chi connectivity index (χ3n) is 2.92. The fourth-order valence-corrected chi connectivity index (χ4v) is 1.86. The average Bonchev–Trinajstić information content (AvgIpc) is 3.20. The highest BCUT2D eigenvalue weighted by molar-refractivity contribution is 5.90. The van der Waals surface area contributed by atoms with Crippen LogP contribution in [-0.4, -0.2) is 34.3 Å². The first-order valence-corrected chi connectivity index (χ1v) is 6.25. The molecule has 0 spiro atoms. The highest BCUT2D eigenvalue weighted by atomic mass is 16.3. The molecular weight excluding hydrogens is 228 g/mol. The molecule has 94 valence electrons. The van der Waals surface area contributed by atoms with E-state index in [0.29, 0.717) is 18.5 Å². The van der Waals surface area contributed by atoms with E-state index in [2.05, 4.69) is 20.6 Å². The van der Waals surface area contributed by atoms with E-state index in [0.717, 1.165) is 16.7 Å². The van der Waals surface area contributed by atoms with Crippen molar-refractivity contribution in [3.8, 4) is 0 Å². The van der Waals surface area contributed by atoms with Gasteiger partial charge in [0.2, 0.25) is 5.95 Å². The second-order valence-corrected chi connectivity index (χ2v) is 4.48. The first-order valence-electron chi connectivity index (χ1n) is 6.25. The molecule has 3 rings (SSSR count). The molecule has 0 unspecified atom stereocenters. The van der Waals surface area contributed by atoms with Crippen LogP contribution in [-0.2, 0) is 0 Å². The van der Waals surface area contributed by atoms with Crippen molar-refractivity contribution in [3.63, 3.8) is 0 Å². The molecule has 1 aromatic carbocycles. The minimum Gasteiger partial charge on any atom is -0.395 e. The van der Waals surface area contributed by atoms with Gasteiger partial charge in [0.1, 0.15) is 5.82 Å². The average molecular weight is 244 g/mol. The summed E-state index contributed by atoms with van der Waals surface area (Å²) < 4.78 is 0. The van der Waals surface area contributed by atoms with Gasteiger partial charge >= 0.3 is 0 Å². The molecule has 1 aliphatic carbocycles. The van der Waals surface area contributed by atoms with Crippen LogP contribution >= 0.6 is 0 Å². The summed E-state index contributed by atoms with van der Waals surface area (Å²) in [7, 11) is 0. The van der Waals surface area contributed by atoms with Crippen molar-refractivity contribution in [2.75, 3.05) is 23.8 Å². The van der Waals surface area contributed by atoms with Gasteiger partial charge in [0.25, 0.3) is 0 Å². The number of rotatable bonds is 5. The Morgan fingerprint density at radius 3 is 2.83 bits per heavy atom. The van der Waals surface area contributed by atoms with Crippen LogP contribution in [0.2, 0.25) is 0 Å². The number of aliphatic hydroxyl groups is 1. The monoisotopic (exact) mass is 244 g/mol. The maximum absolute atomic E-state index is 8.90. The van der Waals surface area contributed by atoms with Crippen LogP contribution in [0, 0.1) is 0 Å². The quantitative estimate of drug-likeness (QED) is 0.745. The lowest BCUT2D eigenvalue weighted by Gasteiger charge is -2.10. The molecule has 2 aromatic rings. The fourth-order valence-electron chi connectivity index (χ4n) is 1.86. The molecule has 18 heavy (non-hydrogen) atoms. The molecule has 3 N–H and O–H groups in total. The van der Waals surface area contributed by atoms with Crippen LogP contribution in [0.15, 0.2) is 24.3 Å². The third-order valence-corrected chi connectivity index (χ3v) is 2.92. The molecule has 5 heteroatoms. The molecule has 0 bridgehead atoms. The number of nitrogens with zero attached hydrogens (tertiary/aromatic N) is 2. The van der Waals surface area contributed by atoms with Crippen LogP contribution in [0.5, 0.6) is 0 Å². The van der Waals surface area contributed by atoms with Gasteiger partial charge in [0, 0.05) is 18.0 Å². The van der Waals surface area contributed by atoms with Crippen molar-refractivity contribution in [2.45, 2.75) is 18.9 Å². The Kier molecular flexibility index (Phi) is 2.98. The summed E-state index contributed by atoms with van der Waals surface area (Å²) in [6.07, 6.45) is 2.38. The minimum atomic E-state index is 0.0870. The second-order valence-electron chi connectivity index (χ2n) is 4.48. The molecule has 0 aliphatic heterocycles. The molecule has 1 aromatic heterocycles. The molecule has 1 heterocycles. The van der Waals surface area contributed by atoms with Gasteiger partial charge in [-0.25, -0.2) is 4.98 Å². The number of aliphatic hydroxyl groups excluding tert-OH is 1. The van der Waals surface area contributed by atoms with Crippen LogP contribution in [0.1, 0.15) is 12.8 Å². The van der Waals surface area contributed by atoms with Crippen LogP contribution in [0.25, 0.3) is 10.9 Å². The van der Waals surface area contributed by atoms with E-state index in [1.54, 1.807) is 0 Å². The summed E-state index contributed by atoms with van der Waals surface area (Å²) in [6, 6.07) is 8.40. The summed E-state index contributed by atoms with van der Waals surface area (Å²) in [4.78, 5) is 8.97. The SMILES string of the molecule is OCCNc1nc(NC2CC2)nc2ccccc12. The molecule has 1 saturated carbocycles. The van der Waals surface area contributed by atoms with Gasteiger partial charge in [-0.05, 0) is 25.0 Å². The molecule has 0 amide bonds. The number of nitrogens with one attached hydrogen (secondary N) is 2. The molecular formula is C13H16N4O. The smallest absolute Gasteiger partial charge is 0.225 e. The number of hydrogen-bond donors (Lipinski definition) is 3. The van der Waals surface area contributed by atoms with Gasteiger partial charge in [-0.1, -0.05) is 12.1 Å². The maximum atomic E-state index is 8.90. The Balaban J connectivity index is 1.98. The summed E-state index contributed by atoms with van der Waals surface area (Å²) in [6.45, 7) is 0.577. The van der Waals surface area contributed by atoms with Gasteiger partial charge in [0.15, 0.2) is 0 Å². The lowest BCUT2D eigenvalue weighted by atomic mass is 10.2. The first kappa shape index (κ1) is 11.2. The highest BCUT2D eigenvalue weighted by Crippen LogP contribution is 2.26. The maximum Gasteiger partial charge on any atom is 0.225 e. The van der Waals surface area contributed by atoms with Gasteiger partial charge in [-0.15, -0.1) is 0 Å². The number of hydrogen-bond acceptors (Lipinski definition) is 5. The predicted molar refractivity (Wildman–Crippen MR) is 71.8 cm³/mol. The summed E-state index contributed by atoms with van der Waals surface area (Å²) in [5.74, 6) is 1.44. The van der Waals surface area contributed by atoms with Crippen LogP contribution < -0.4 is 10.6 Å². The molecule has 1 fully saturated rings. The van der Waals surface area contributed by atoms with E-state index < -0.39 is 0 Å². The van der Waals surface area contributed by atoms with Gasteiger partial charge in [-0.3, -0.25) is 0 Å². The number of aromatic nitrogens is 2. The van der Waals surface area contributed by atoms with Crippen molar-refractivity contribution in [1.29, 1.82) is 0 Å². The van der Waals surface area contributed by atoms with Crippen LogP contribution in [0.4, 0.5) is 11.8 Å². The largest absolute Gasteiger partial charge is 0.395 e. The molecule has 5 nitrogen and oxygen atoms in total. The lowest BCUT2D eigenvalue weighted by Crippen LogP contribution is -2.11. The Hall–Kier alpha value is -1.88. The van der Waals surface area contributed by atoms with E-state index in [1.165, 1.54) is 12.8 Å². The number of benzene rings is 1. The zero-order valence-electron chi connectivity index (χ0n) is 10.1. The highest BCUT2D eigenvalue weighted by Gasteiger charge is 2.22.